The van der Waals surface area contributed by atoms with Crippen LogP contribution in [0.1, 0.15) is 25.7 Å². The number of carbonyl (C=O) groups excluding carboxylic acids is 1. The summed E-state index contributed by atoms with van der Waals surface area (Å²) in [6.45, 7) is 1.16. The molecule has 0 unspecified atom stereocenters. The van der Waals surface area contributed by atoms with Gasteiger partial charge in [-0.2, -0.15) is 0 Å². The molecule has 2 heterocycles. The number of nitrogens with zero attached hydrogens (tertiary/aromatic N) is 1. The van der Waals surface area contributed by atoms with E-state index in [1.165, 1.54) is 0 Å². The molecule has 2 fully saturated rings. The SMILES string of the molecule is O=C1CC[C@H]2[C@@H](CO)CCCN12. The minimum atomic E-state index is 0.244. The molecule has 2 aliphatic rings. The fourth-order valence-electron chi connectivity index (χ4n) is 2.47. The van der Waals surface area contributed by atoms with Crippen molar-refractivity contribution in [2.45, 2.75) is 31.7 Å². The summed E-state index contributed by atoms with van der Waals surface area (Å²) in [5, 5.41) is 9.09. The van der Waals surface area contributed by atoms with Gasteiger partial charge in [-0.25, -0.2) is 0 Å². The van der Waals surface area contributed by atoms with Gasteiger partial charge >= 0.3 is 0 Å². The molecule has 2 rings (SSSR count). The lowest BCUT2D eigenvalue weighted by atomic mass is 9.90. The van der Waals surface area contributed by atoms with Crippen LogP contribution in [0, 0.1) is 5.92 Å². The molecule has 0 aromatic carbocycles. The van der Waals surface area contributed by atoms with Crippen LogP contribution in [-0.2, 0) is 4.79 Å². The predicted octanol–water partition coefficient (Wildman–Crippen LogP) is 0.380. The second-order valence-electron chi connectivity index (χ2n) is 3.78. The van der Waals surface area contributed by atoms with Crippen LogP contribution in [0.15, 0.2) is 0 Å². The molecule has 0 radical (unpaired) electrons. The zero-order chi connectivity index (χ0) is 8.55. The quantitative estimate of drug-likeness (QED) is 0.616. The molecule has 2 atom stereocenters. The summed E-state index contributed by atoms with van der Waals surface area (Å²) in [6, 6.07) is 0.358. The Hall–Kier alpha value is -0.570. The van der Waals surface area contributed by atoms with Gasteiger partial charge in [0.1, 0.15) is 0 Å². The summed E-state index contributed by atoms with van der Waals surface area (Å²) < 4.78 is 0. The Bertz CT molecular complexity index is 193. The number of fused-ring (bicyclic) bond motifs is 1. The normalized spacial score (nSPS) is 35.4. The third-order valence-electron chi connectivity index (χ3n) is 3.13. The van der Waals surface area contributed by atoms with Gasteiger partial charge in [-0.05, 0) is 19.3 Å². The Morgan fingerprint density at radius 3 is 3.08 bits per heavy atom. The molecule has 12 heavy (non-hydrogen) atoms. The molecule has 0 bridgehead atoms. The summed E-state index contributed by atoms with van der Waals surface area (Å²) in [4.78, 5) is 13.3. The van der Waals surface area contributed by atoms with Crippen LogP contribution in [0.4, 0.5) is 0 Å². The van der Waals surface area contributed by atoms with Gasteiger partial charge in [0.25, 0.3) is 0 Å². The van der Waals surface area contributed by atoms with E-state index in [1.807, 2.05) is 4.90 Å². The third-order valence-corrected chi connectivity index (χ3v) is 3.13. The highest BCUT2D eigenvalue weighted by molar-refractivity contribution is 5.78. The Labute approximate surface area is 72.4 Å². The second-order valence-corrected chi connectivity index (χ2v) is 3.78. The first-order valence-electron chi connectivity index (χ1n) is 4.73. The first kappa shape index (κ1) is 8.05. The van der Waals surface area contributed by atoms with E-state index < -0.39 is 0 Å². The van der Waals surface area contributed by atoms with Crippen molar-refractivity contribution >= 4 is 5.91 Å². The summed E-state index contributed by atoms with van der Waals surface area (Å²) in [6.07, 6.45) is 3.81. The number of carbonyl (C=O) groups is 1. The van der Waals surface area contributed by atoms with Crippen molar-refractivity contribution in [2.75, 3.05) is 13.2 Å². The zero-order valence-corrected chi connectivity index (χ0v) is 7.20. The summed E-state index contributed by atoms with van der Waals surface area (Å²) >= 11 is 0. The molecular weight excluding hydrogens is 154 g/mol. The van der Waals surface area contributed by atoms with Gasteiger partial charge in [0, 0.05) is 31.5 Å². The smallest absolute Gasteiger partial charge is 0.222 e. The largest absolute Gasteiger partial charge is 0.396 e. The van der Waals surface area contributed by atoms with Crippen molar-refractivity contribution in [3.05, 3.63) is 0 Å². The summed E-state index contributed by atoms with van der Waals surface area (Å²) in [5.41, 5.74) is 0. The molecule has 1 N–H and O–H groups in total. The van der Waals surface area contributed by atoms with Crippen LogP contribution < -0.4 is 0 Å². The molecule has 2 aliphatic heterocycles. The van der Waals surface area contributed by atoms with E-state index in [0.29, 0.717) is 18.4 Å². The van der Waals surface area contributed by atoms with E-state index in [4.69, 9.17) is 5.11 Å². The number of hydrogen-bond acceptors (Lipinski definition) is 2. The molecule has 2 saturated heterocycles. The van der Waals surface area contributed by atoms with Crippen molar-refractivity contribution in [3.8, 4) is 0 Å². The second kappa shape index (κ2) is 3.05. The van der Waals surface area contributed by atoms with Gasteiger partial charge in [-0.1, -0.05) is 0 Å². The maximum absolute atomic E-state index is 11.3. The minimum Gasteiger partial charge on any atom is -0.396 e. The molecule has 0 aromatic heterocycles. The third kappa shape index (κ3) is 1.12. The van der Waals surface area contributed by atoms with Gasteiger partial charge < -0.3 is 10.0 Å². The highest BCUT2D eigenvalue weighted by Gasteiger charge is 2.38. The number of hydrogen-bond donors (Lipinski definition) is 1. The maximum atomic E-state index is 11.3. The van der Waals surface area contributed by atoms with Gasteiger partial charge in [0.2, 0.25) is 5.91 Å². The van der Waals surface area contributed by atoms with E-state index in [1.54, 1.807) is 0 Å². The van der Waals surface area contributed by atoms with Crippen LogP contribution in [0.2, 0.25) is 0 Å². The molecule has 1 amide bonds. The van der Waals surface area contributed by atoms with Gasteiger partial charge in [-0.15, -0.1) is 0 Å². The van der Waals surface area contributed by atoms with E-state index in [9.17, 15) is 4.79 Å². The number of aliphatic hydroxyl groups excluding tert-OH is 1. The Balaban J connectivity index is 2.09. The van der Waals surface area contributed by atoms with Crippen LogP contribution in [0.3, 0.4) is 0 Å². The molecular formula is C9H15NO2. The first-order valence-corrected chi connectivity index (χ1v) is 4.73. The number of amides is 1. The van der Waals surface area contributed by atoms with Crippen LogP contribution >= 0.6 is 0 Å². The van der Waals surface area contributed by atoms with Gasteiger partial charge in [-0.3, -0.25) is 4.79 Å². The minimum absolute atomic E-state index is 0.244. The number of rotatable bonds is 1. The van der Waals surface area contributed by atoms with E-state index in [0.717, 1.165) is 25.8 Å². The molecule has 3 heteroatoms. The lowest BCUT2D eigenvalue weighted by molar-refractivity contribution is -0.131. The van der Waals surface area contributed by atoms with E-state index in [2.05, 4.69) is 0 Å². The maximum Gasteiger partial charge on any atom is 0.222 e. The van der Waals surface area contributed by atoms with Crippen molar-refractivity contribution in [2.24, 2.45) is 5.92 Å². The summed E-state index contributed by atoms with van der Waals surface area (Å²) in [7, 11) is 0. The van der Waals surface area contributed by atoms with Crippen molar-refractivity contribution in [1.29, 1.82) is 0 Å². The molecule has 0 spiro atoms. The standard InChI is InChI=1S/C9H15NO2/c11-6-7-2-1-5-10-8(7)3-4-9(10)12/h7-8,11H,1-6H2/t7-,8+/m1/s1. The molecule has 0 saturated carbocycles. The number of aliphatic hydroxyl groups is 1. The fourth-order valence-corrected chi connectivity index (χ4v) is 2.47. The average Bonchev–Trinajstić information content (AvgIpc) is 2.48. The molecule has 0 aromatic rings. The first-order chi connectivity index (χ1) is 5.83. The van der Waals surface area contributed by atoms with Crippen molar-refractivity contribution < 1.29 is 9.90 Å². The van der Waals surface area contributed by atoms with Crippen LogP contribution in [0.25, 0.3) is 0 Å². The van der Waals surface area contributed by atoms with E-state index >= 15 is 0 Å². The predicted molar refractivity (Wildman–Crippen MR) is 44.5 cm³/mol. The Morgan fingerprint density at radius 2 is 2.33 bits per heavy atom. The lowest BCUT2D eigenvalue weighted by Gasteiger charge is -2.35. The van der Waals surface area contributed by atoms with Gasteiger partial charge in [0.05, 0.1) is 0 Å². The van der Waals surface area contributed by atoms with Crippen molar-refractivity contribution in [3.63, 3.8) is 0 Å². The molecule has 0 aliphatic carbocycles. The van der Waals surface area contributed by atoms with Crippen molar-refractivity contribution in [1.82, 2.24) is 4.90 Å². The molecule has 68 valence electrons. The van der Waals surface area contributed by atoms with Crippen LogP contribution in [-0.4, -0.2) is 35.1 Å². The average molecular weight is 169 g/mol. The topological polar surface area (TPSA) is 40.5 Å². The highest BCUT2D eigenvalue weighted by Crippen LogP contribution is 2.31. The van der Waals surface area contributed by atoms with E-state index in [-0.39, 0.29) is 12.5 Å². The number of piperidine rings is 1. The Morgan fingerprint density at radius 1 is 1.50 bits per heavy atom. The summed E-state index contributed by atoms with van der Waals surface area (Å²) in [5.74, 6) is 0.642. The van der Waals surface area contributed by atoms with Gasteiger partial charge in [0.15, 0.2) is 0 Å². The highest BCUT2D eigenvalue weighted by atomic mass is 16.3. The zero-order valence-electron chi connectivity index (χ0n) is 7.20. The molecule has 3 nitrogen and oxygen atoms in total. The monoisotopic (exact) mass is 169 g/mol. The Kier molecular flexibility index (Phi) is 2.05. The lowest BCUT2D eigenvalue weighted by Crippen LogP contribution is -2.43. The fraction of sp³-hybridized carbons (Fsp3) is 0.889. The van der Waals surface area contributed by atoms with Crippen LogP contribution in [0.5, 0.6) is 0 Å².